The van der Waals surface area contributed by atoms with Crippen LogP contribution in [0.3, 0.4) is 0 Å². The van der Waals surface area contributed by atoms with Gasteiger partial charge in [-0.2, -0.15) is 5.10 Å². The predicted molar refractivity (Wildman–Crippen MR) is 149 cm³/mol. The Morgan fingerprint density at radius 2 is 1.52 bits per heavy atom. The molecule has 0 saturated carbocycles. The fourth-order valence-corrected chi connectivity index (χ4v) is 5.88. The number of fused-ring (bicyclic) bond motifs is 1. The van der Waals surface area contributed by atoms with Crippen molar-refractivity contribution in [3.05, 3.63) is 94.6 Å². The van der Waals surface area contributed by atoms with Crippen molar-refractivity contribution in [2.45, 2.75) is 38.1 Å². The van der Waals surface area contributed by atoms with Gasteiger partial charge in [-0.3, -0.25) is 14.7 Å². The highest BCUT2D eigenvalue weighted by molar-refractivity contribution is 6.08. The number of benzene rings is 3. The van der Waals surface area contributed by atoms with Gasteiger partial charge in [-0.25, -0.2) is 8.78 Å². The second kappa shape index (κ2) is 11.2. The minimum Gasteiger partial charge on any atom is -0.339 e. The highest BCUT2D eigenvalue weighted by atomic mass is 19.1. The molecule has 0 bridgehead atoms. The first-order valence-electron chi connectivity index (χ1n) is 13.8. The monoisotopic (exact) mass is 543 g/mol. The maximum Gasteiger partial charge on any atom is 0.256 e. The summed E-state index contributed by atoms with van der Waals surface area (Å²) in [6.45, 7) is 3.86. The number of hydrogen-bond acceptors (Lipinski definition) is 4. The van der Waals surface area contributed by atoms with E-state index in [0.29, 0.717) is 40.4 Å². The van der Waals surface area contributed by atoms with Crippen LogP contribution in [-0.2, 0) is 6.42 Å². The molecule has 9 heteroatoms. The van der Waals surface area contributed by atoms with Crippen LogP contribution < -0.4 is 5.32 Å². The second-order valence-corrected chi connectivity index (χ2v) is 10.7. The number of piperidine rings is 1. The molecule has 1 aromatic heterocycles. The van der Waals surface area contributed by atoms with Gasteiger partial charge in [-0.15, -0.1) is 0 Å². The van der Waals surface area contributed by atoms with Crippen LogP contribution in [0.25, 0.3) is 10.9 Å². The standard InChI is InChI=1S/C31H31F2N5O2/c32-24-16-21(17-25(33)19-24)15-20-3-8-28-27(18-20)29(36-35-28)34-30(39)22-4-6-23(7-5-22)31(40)38-13-9-26(10-14-38)37-11-1-2-12-37/h3-8,16-19,26H,1-2,9-15H2,(H2,34,35,36,39). The third-order valence-electron chi connectivity index (χ3n) is 7.99. The summed E-state index contributed by atoms with van der Waals surface area (Å²) in [6.07, 6.45) is 4.88. The first-order valence-corrected chi connectivity index (χ1v) is 13.8. The van der Waals surface area contributed by atoms with Crippen molar-refractivity contribution in [1.29, 1.82) is 0 Å². The van der Waals surface area contributed by atoms with Gasteiger partial charge in [0.25, 0.3) is 11.8 Å². The molecule has 7 nitrogen and oxygen atoms in total. The summed E-state index contributed by atoms with van der Waals surface area (Å²) in [5.74, 6) is -1.25. The van der Waals surface area contributed by atoms with Gasteiger partial charge in [0.1, 0.15) is 11.6 Å². The van der Waals surface area contributed by atoms with Crippen LogP contribution in [0.2, 0.25) is 0 Å². The Hall–Kier alpha value is -4.11. The van der Waals surface area contributed by atoms with Crippen molar-refractivity contribution in [3.8, 4) is 0 Å². The van der Waals surface area contributed by atoms with Crippen molar-refractivity contribution < 1.29 is 18.4 Å². The summed E-state index contributed by atoms with van der Waals surface area (Å²) in [6, 6.07) is 16.2. The van der Waals surface area contributed by atoms with Crippen molar-refractivity contribution in [2.24, 2.45) is 0 Å². The fraction of sp³-hybridized carbons (Fsp3) is 0.323. The number of nitrogens with zero attached hydrogens (tertiary/aromatic N) is 3. The van der Waals surface area contributed by atoms with E-state index in [4.69, 9.17) is 0 Å². The van der Waals surface area contributed by atoms with Gasteiger partial charge in [0, 0.05) is 41.7 Å². The number of H-pyrrole nitrogens is 1. The van der Waals surface area contributed by atoms with E-state index in [9.17, 15) is 18.4 Å². The topological polar surface area (TPSA) is 81.3 Å². The first-order chi connectivity index (χ1) is 19.4. The second-order valence-electron chi connectivity index (χ2n) is 10.7. The number of aromatic amines is 1. The number of likely N-dealkylation sites (tertiary alicyclic amines) is 2. The zero-order valence-electron chi connectivity index (χ0n) is 22.1. The van der Waals surface area contributed by atoms with E-state index in [-0.39, 0.29) is 11.8 Å². The number of aromatic nitrogens is 2. The van der Waals surface area contributed by atoms with Gasteiger partial charge in [0.05, 0.1) is 5.52 Å². The molecule has 0 spiro atoms. The molecular weight excluding hydrogens is 512 g/mol. The van der Waals surface area contributed by atoms with Crippen LogP contribution in [0, 0.1) is 11.6 Å². The Morgan fingerprint density at radius 3 is 2.23 bits per heavy atom. The number of amides is 2. The number of halogens is 2. The van der Waals surface area contributed by atoms with E-state index >= 15 is 0 Å². The lowest BCUT2D eigenvalue weighted by Crippen LogP contribution is -2.45. The highest BCUT2D eigenvalue weighted by Gasteiger charge is 2.28. The highest BCUT2D eigenvalue weighted by Crippen LogP contribution is 2.25. The van der Waals surface area contributed by atoms with E-state index in [2.05, 4.69) is 20.4 Å². The lowest BCUT2D eigenvalue weighted by Gasteiger charge is -2.36. The van der Waals surface area contributed by atoms with Gasteiger partial charge in [0.15, 0.2) is 5.82 Å². The number of rotatable bonds is 6. The summed E-state index contributed by atoms with van der Waals surface area (Å²) in [5.41, 5.74) is 3.03. The third kappa shape index (κ3) is 5.60. The summed E-state index contributed by atoms with van der Waals surface area (Å²) in [4.78, 5) is 30.5. The van der Waals surface area contributed by atoms with Gasteiger partial charge >= 0.3 is 0 Å². The molecule has 2 fully saturated rings. The van der Waals surface area contributed by atoms with Crippen molar-refractivity contribution >= 4 is 28.5 Å². The molecule has 6 rings (SSSR count). The number of carbonyl (C=O) groups is 2. The molecule has 0 aliphatic carbocycles. The van der Waals surface area contributed by atoms with Gasteiger partial charge in [-0.05, 0) is 105 Å². The quantitative estimate of drug-likeness (QED) is 0.342. The minimum atomic E-state index is -0.623. The predicted octanol–water partition coefficient (Wildman–Crippen LogP) is 5.38. The van der Waals surface area contributed by atoms with Crippen LogP contribution in [0.5, 0.6) is 0 Å². The number of anilines is 1. The molecule has 2 saturated heterocycles. The lowest BCUT2D eigenvalue weighted by molar-refractivity contribution is 0.0644. The van der Waals surface area contributed by atoms with Crippen LogP contribution >= 0.6 is 0 Å². The molecule has 3 heterocycles. The Morgan fingerprint density at radius 1 is 0.850 bits per heavy atom. The van der Waals surface area contributed by atoms with Crippen LogP contribution in [0.4, 0.5) is 14.6 Å². The fourth-order valence-electron chi connectivity index (χ4n) is 5.88. The molecule has 2 aliphatic rings. The average molecular weight is 544 g/mol. The summed E-state index contributed by atoms with van der Waals surface area (Å²) < 4.78 is 27.2. The van der Waals surface area contributed by atoms with Crippen molar-refractivity contribution in [1.82, 2.24) is 20.0 Å². The molecular formula is C31H31F2N5O2. The molecule has 0 unspecified atom stereocenters. The SMILES string of the molecule is O=C(Nc1n[nH]c2ccc(Cc3cc(F)cc(F)c3)cc12)c1ccc(C(=O)N2CCC(N3CCCC3)CC2)cc1. The zero-order valence-corrected chi connectivity index (χ0v) is 22.1. The van der Waals surface area contributed by atoms with E-state index < -0.39 is 11.6 Å². The van der Waals surface area contributed by atoms with Crippen LogP contribution in [-0.4, -0.2) is 64.0 Å². The molecule has 206 valence electrons. The molecule has 2 aliphatic heterocycles. The first kappa shape index (κ1) is 26.1. The molecule has 3 aromatic carbocycles. The smallest absolute Gasteiger partial charge is 0.256 e. The molecule has 0 atom stereocenters. The molecule has 0 radical (unpaired) electrons. The maximum atomic E-state index is 13.6. The summed E-state index contributed by atoms with van der Waals surface area (Å²) >= 11 is 0. The minimum absolute atomic E-state index is 0.00386. The third-order valence-corrected chi connectivity index (χ3v) is 7.99. The maximum absolute atomic E-state index is 13.6. The number of hydrogen-bond donors (Lipinski definition) is 2. The summed E-state index contributed by atoms with van der Waals surface area (Å²) in [7, 11) is 0. The normalized spacial score (nSPS) is 16.5. The Bertz CT molecular complexity index is 1520. The Labute approximate surface area is 231 Å². The largest absolute Gasteiger partial charge is 0.339 e. The molecule has 4 aromatic rings. The zero-order chi connectivity index (χ0) is 27.6. The van der Waals surface area contributed by atoms with E-state index in [1.807, 2.05) is 23.1 Å². The lowest BCUT2D eigenvalue weighted by atomic mass is 10.0. The van der Waals surface area contributed by atoms with E-state index in [1.165, 1.54) is 38.1 Å². The Balaban J connectivity index is 1.10. The average Bonchev–Trinajstić information content (AvgIpc) is 3.63. The molecule has 40 heavy (non-hydrogen) atoms. The molecule has 2 N–H and O–H groups in total. The molecule has 2 amide bonds. The van der Waals surface area contributed by atoms with Gasteiger partial charge < -0.3 is 15.1 Å². The van der Waals surface area contributed by atoms with Crippen LogP contribution in [0.1, 0.15) is 57.5 Å². The number of carbonyl (C=O) groups excluding carboxylic acids is 2. The van der Waals surface area contributed by atoms with Gasteiger partial charge in [0.2, 0.25) is 0 Å². The van der Waals surface area contributed by atoms with Crippen LogP contribution in [0.15, 0.2) is 60.7 Å². The Kier molecular flexibility index (Phi) is 7.30. The van der Waals surface area contributed by atoms with E-state index in [0.717, 1.165) is 43.1 Å². The van der Waals surface area contributed by atoms with Crippen molar-refractivity contribution in [2.75, 3.05) is 31.5 Å². The van der Waals surface area contributed by atoms with Crippen molar-refractivity contribution in [3.63, 3.8) is 0 Å². The summed E-state index contributed by atoms with van der Waals surface area (Å²) in [5, 5.41) is 10.7. The van der Waals surface area contributed by atoms with Gasteiger partial charge in [-0.1, -0.05) is 6.07 Å². The van der Waals surface area contributed by atoms with E-state index in [1.54, 1.807) is 24.3 Å². The number of nitrogens with one attached hydrogen (secondary N) is 2.